The van der Waals surface area contributed by atoms with Gasteiger partial charge in [0.25, 0.3) is 0 Å². The standard InChI is InChI=1S/C26H31N3O3/c1-5-32-26(31)20-9-11-28(12-10-20)24(30)16-22-25(21-7-6-18(3)19(4)15-21)27-23-14-17(2)8-13-29(22)23/h6-8,13-15,20H,5,9-12,16H2,1-4H3. The van der Waals surface area contributed by atoms with E-state index in [9.17, 15) is 9.59 Å². The fourth-order valence-corrected chi connectivity index (χ4v) is 4.37. The molecular weight excluding hydrogens is 402 g/mol. The molecule has 1 aromatic carbocycles. The highest BCUT2D eigenvalue weighted by atomic mass is 16.5. The first-order valence-corrected chi connectivity index (χ1v) is 11.4. The summed E-state index contributed by atoms with van der Waals surface area (Å²) >= 11 is 0. The number of esters is 1. The molecule has 1 amide bonds. The number of imidazole rings is 1. The molecule has 32 heavy (non-hydrogen) atoms. The largest absolute Gasteiger partial charge is 0.466 e. The van der Waals surface area contributed by atoms with Crippen molar-refractivity contribution in [2.75, 3.05) is 19.7 Å². The van der Waals surface area contributed by atoms with Crippen molar-refractivity contribution in [1.82, 2.24) is 14.3 Å². The van der Waals surface area contributed by atoms with E-state index in [-0.39, 0.29) is 24.2 Å². The van der Waals surface area contributed by atoms with E-state index < -0.39 is 0 Å². The molecule has 0 aliphatic carbocycles. The first kappa shape index (κ1) is 22.1. The minimum atomic E-state index is -0.145. The maximum Gasteiger partial charge on any atom is 0.309 e. The lowest BCUT2D eigenvalue weighted by Gasteiger charge is -2.31. The molecule has 0 saturated carbocycles. The van der Waals surface area contributed by atoms with Crippen molar-refractivity contribution < 1.29 is 14.3 Å². The second-order valence-corrected chi connectivity index (χ2v) is 8.72. The van der Waals surface area contributed by atoms with E-state index in [2.05, 4.69) is 32.0 Å². The Morgan fingerprint density at radius 2 is 1.81 bits per heavy atom. The molecule has 0 spiro atoms. The van der Waals surface area contributed by atoms with Gasteiger partial charge in [-0.2, -0.15) is 0 Å². The van der Waals surface area contributed by atoms with Crippen LogP contribution in [0, 0.1) is 26.7 Å². The number of carbonyl (C=O) groups excluding carboxylic acids is 2. The van der Waals surface area contributed by atoms with Gasteiger partial charge >= 0.3 is 5.97 Å². The van der Waals surface area contributed by atoms with Crippen molar-refractivity contribution in [3.05, 3.63) is 58.9 Å². The van der Waals surface area contributed by atoms with Gasteiger partial charge in [0.15, 0.2) is 0 Å². The Morgan fingerprint density at radius 1 is 1.06 bits per heavy atom. The Morgan fingerprint density at radius 3 is 2.50 bits per heavy atom. The number of nitrogens with zero attached hydrogens (tertiary/aromatic N) is 3. The number of hydrogen-bond acceptors (Lipinski definition) is 4. The number of piperidine rings is 1. The summed E-state index contributed by atoms with van der Waals surface area (Å²) in [5.74, 6) is -0.183. The van der Waals surface area contributed by atoms with E-state index in [0.717, 1.165) is 28.2 Å². The highest BCUT2D eigenvalue weighted by Gasteiger charge is 2.29. The molecule has 0 N–H and O–H groups in total. The van der Waals surface area contributed by atoms with E-state index in [1.54, 1.807) is 0 Å². The van der Waals surface area contributed by atoms with Gasteiger partial charge in [-0.15, -0.1) is 0 Å². The lowest BCUT2D eigenvalue weighted by molar-refractivity contribution is -0.151. The second kappa shape index (κ2) is 9.15. The molecule has 1 fully saturated rings. The molecule has 4 rings (SSSR count). The lowest BCUT2D eigenvalue weighted by Crippen LogP contribution is -2.41. The number of pyridine rings is 1. The number of aromatic nitrogens is 2. The highest BCUT2D eigenvalue weighted by Crippen LogP contribution is 2.28. The van der Waals surface area contributed by atoms with Crippen LogP contribution in [0.4, 0.5) is 0 Å². The van der Waals surface area contributed by atoms with Crippen LogP contribution in [-0.2, 0) is 20.7 Å². The van der Waals surface area contributed by atoms with E-state index in [1.165, 1.54) is 11.1 Å². The van der Waals surface area contributed by atoms with E-state index in [0.29, 0.717) is 32.5 Å². The molecule has 0 unspecified atom stereocenters. The molecule has 1 aliphatic heterocycles. The quantitative estimate of drug-likeness (QED) is 0.564. The van der Waals surface area contributed by atoms with Gasteiger partial charge in [0.05, 0.1) is 30.3 Å². The third kappa shape index (κ3) is 4.40. The first-order chi connectivity index (χ1) is 15.4. The summed E-state index contributed by atoms with van der Waals surface area (Å²) in [5.41, 5.74) is 7.20. The minimum Gasteiger partial charge on any atom is -0.466 e. The molecule has 3 heterocycles. The number of rotatable bonds is 5. The number of likely N-dealkylation sites (tertiary alicyclic amines) is 1. The maximum atomic E-state index is 13.3. The number of carbonyl (C=O) groups is 2. The number of amides is 1. The maximum absolute atomic E-state index is 13.3. The summed E-state index contributed by atoms with van der Waals surface area (Å²) in [7, 11) is 0. The zero-order valence-corrected chi connectivity index (χ0v) is 19.4. The third-order valence-electron chi connectivity index (χ3n) is 6.45. The van der Waals surface area contributed by atoms with Crippen LogP contribution in [0.25, 0.3) is 16.9 Å². The van der Waals surface area contributed by atoms with Gasteiger partial charge in [-0.1, -0.05) is 12.1 Å². The topological polar surface area (TPSA) is 63.9 Å². The van der Waals surface area contributed by atoms with Crippen molar-refractivity contribution in [2.45, 2.75) is 47.0 Å². The molecule has 1 aliphatic rings. The third-order valence-corrected chi connectivity index (χ3v) is 6.45. The fraction of sp³-hybridized carbons (Fsp3) is 0.423. The van der Waals surface area contributed by atoms with Gasteiger partial charge in [-0.25, -0.2) is 4.98 Å². The Labute approximate surface area is 189 Å². The number of hydrogen-bond donors (Lipinski definition) is 0. The Bertz CT molecular complexity index is 1160. The number of fused-ring (bicyclic) bond motifs is 1. The van der Waals surface area contributed by atoms with Crippen molar-refractivity contribution in [2.24, 2.45) is 5.92 Å². The van der Waals surface area contributed by atoms with Gasteiger partial charge in [-0.3, -0.25) is 9.59 Å². The van der Waals surface area contributed by atoms with Crippen molar-refractivity contribution in [3.8, 4) is 11.3 Å². The van der Waals surface area contributed by atoms with Crippen LogP contribution in [0.2, 0.25) is 0 Å². The summed E-state index contributed by atoms with van der Waals surface area (Å²) < 4.78 is 7.18. The van der Waals surface area contributed by atoms with Gasteiger partial charge in [0.1, 0.15) is 5.65 Å². The molecular formula is C26H31N3O3. The average Bonchev–Trinajstić information content (AvgIpc) is 3.13. The molecule has 6 nitrogen and oxygen atoms in total. The number of aryl methyl sites for hydroxylation is 3. The Balaban J connectivity index is 1.60. The van der Waals surface area contributed by atoms with E-state index in [4.69, 9.17) is 9.72 Å². The normalized spacial score (nSPS) is 14.7. The van der Waals surface area contributed by atoms with Gasteiger partial charge in [0, 0.05) is 24.8 Å². The minimum absolute atomic E-state index is 0.0692. The van der Waals surface area contributed by atoms with Crippen molar-refractivity contribution in [3.63, 3.8) is 0 Å². The Kier molecular flexibility index (Phi) is 6.31. The fourth-order valence-electron chi connectivity index (χ4n) is 4.37. The van der Waals surface area contributed by atoms with Crippen LogP contribution < -0.4 is 0 Å². The van der Waals surface area contributed by atoms with Crippen molar-refractivity contribution >= 4 is 17.5 Å². The lowest BCUT2D eigenvalue weighted by atomic mass is 9.96. The van der Waals surface area contributed by atoms with Gasteiger partial charge < -0.3 is 14.0 Å². The SMILES string of the molecule is CCOC(=O)C1CCN(C(=O)Cc2c(-c3ccc(C)c(C)c3)nc3cc(C)ccn23)CC1. The smallest absolute Gasteiger partial charge is 0.309 e. The van der Waals surface area contributed by atoms with Crippen LogP contribution in [-0.4, -0.2) is 45.9 Å². The average molecular weight is 434 g/mol. The van der Waals surface area contributed by atoms with Crippen LogP contribution in [0.15, 0.2) is 36.5 Å². The van der Waals surface area contributed by atoms with Crippen LogP contribution >= 0.6 is 0 Å². The predicted octanol–water partition coefficient (Wildman–Crippen LogP) is 4.27. The molecule has 0 radical (unpaired) electrons. The van der Waals surface area contributed by atoms with Gasteiger partial charge in [-0.05, 0) is 75.4 Å². The molecule has 2 aromatic heterocycles. The van der Waals surface area contributed by atoms with Gasteiger partial charge in [0.2, 0.25) is 5.91 Å². The van der Waals surface area contributed by atoms with Crippen LogP contribution in [0.1, 0.15) is 42.1 Å². The Hall–Kier alpha value is -3.15. The summed E-state index contributed by atoms with van der Waals surface area (Å²) in [5, 5.41) is 0. The molecule has 3 aromatic rings. The molecule has 168 valence electrons. The number of benzene rings is 1. The first-order valence-electron chi connectivity index (χ1n) is 11.4. The molecule has 6 heteroatoms. The van der Waals surface area contributed by atoms with E-state index in [1.807, 2.05) is 41.5 Å². The zero-order valence-electron chi connectivity index (χ0n) is 19.4. The van der Waals surface area contributed by atoms with Crippen LogP contribution in [0.5, 0.6) is 0 Å². The molecule has 1 saturated heterocycles. The van der Waals surface area contributed by atoms with Crippen molar-refractivity contribution in [1.29, 1.82) is 0 Å². The summed E-state index contributed by atoms with van der Waals surface area (Å²) in [6.45, 7) is 9.61. The summed E-state index contributed by atoms with van der Waals surface area (Å²) in [4.78, 5) is 32.0. The number of ether oxygens (including phenoxy) is 1. The molecule has 0 bridgehead atoms. The zero-order chi connectivity index (χ0) is 22.8. The monoisotopic (exact) mass is 433 g/mol. The molecule has 0 atom stereocenters. The van der Waals surface area contributed by atoms with Crippen LogP contribution in [0.3, 0.4) is 0 Å². The van der Waals surface area contributed by atoms with E-state index >= 15 is 0 Å². The highest BCUT2D eigenvalue weighted by molar-refractivity contribution is 5.82. The predicted molar refractivity (Wildman–Crippen MR) is 124 cm³/mol. The summed E-state index contributed by atoms with van der Waals surface area (Å²) in [6, 6.07) is 10.4. The summed E-state index contributed by atoms with van der Waals surface area (Å²) in [6.07, 6.45) is 3.58. The second-order valence-electron chi connectivity index (χ2n) is 8.72.